The molecule has 5 rings (SSSR count). The fraction of sp³-hybridized carbons (Fsp3) is 0.367. The van der Waals surface area contributed by atoms with Crippen molar-refractivity contribution >= 4 is 37.9 Å². The number of hydrogen-bond donors (Lipinski definition) is 2. The summed E-state index contributed by atoms with van der Waals surface area (Å²) >= 11 is 1.50. The van der Waals surface area contributed by atoms with Crippen LogP contribution in [0.3, 0.4) is 0 Å². The molecule has 1 aliphatic heterocycles. The number of halogens is 1. The van der Waals surface area contributed by atoms with Crippen LogP contribution in [-0.2, 0) is 9.84 Å². The van der Waals surface area contributed by atoms with Gasteiger partial charge in [-0.05, 0) is 50.1 Å². The number of nitrogens with zero attached hydrogens (tertiary/aromatic N) is 4. The lowest BCUT2D eigenvalue weighted by Crippen LogP contribution is -2.40. The van der Waals surface area contributed by atoms with E-state index >= 15 is 4.39 Å². The third kappa shape index (κ3) is 8.18. The van der Waals surface area contributed by atoms with Crippen LogP contribution in [0.25, 0.3) is 21.8 Å². The van der Waals surface area contributed by atoms with E-state index in [1.807, 2.05) is 37.3 Å². The zero-order chi connectivity index (χ0) is 30.4. The minimum Gasteiger partial charge on any atom is -0.497 e. The fourth-order valence-electron chi connectivity index (χ4n) is 4.76. The lowest BCUT2D eigenvalue weighted by molar-refractivity contribution is 0.100. The van der Waals surface area contributed by atoms with Gasteiger partial charge < -0.3 is 25.0 Å². The highest BCUT2D eigenvalue weighted by Gasteiger charge is 2.23. The van der Waals surface area contributed by atoms with Crippen LogP contribution in [0, 0.1) is 5.82 Å². The second-order valence-corrected chi connectivity index (χ2v) is 13.5. The maximum atomic E-state index is 15.1. The Balaban J connectivity index is 1.27. The van der Waals surface area contributed by atoms with E-state index in [1.165, 1.54) is 23.7 Å². The summed E-state index contributed by atoms with van der Waals surface area (Å²) in [6.07, 6.45) is 4.17. The molecule has 0 saturated carbocycles. The van der Waals surface area contributed by atoms with Crippen molar-refractivity contribution in [2.45, 2.75) is 25.9 Å². The summed E-state index contributed by atoms with van der Waals surface area (Å²) in [6, 6.07) is 14.2. The molecule has 0 aliphatic carbocycles. The van der Waals surface area contributed by atoms with Gasteiger partial charge in [-0.15, -0.1) is 0 Å². The van der Waals surface area contributed by atoms with Crippen molar-refractivity contribution in [3.05, 3.63) is 60.5 Å². The summed E-state index contributed by atoms with van der Waals surface area (Å²) in [6.45, 7) is 4.68. The minimum absolute atomic E-state index is 0.131. The Hall–Kier alpha value is -3.81. The van der Waals surface area contributed by atoms with Crippen molar-refractivity contribution in [1.29, 1.82) is 0 Å². The number of ether oxygens (including phenoxy) is 2. The molecule has 43 heavy (non-hydrogen) atoms. The predicted molar refractivity (Wildman–Crippen MR) is 169 cm³/mol. The van der Waals surface area contributed by atoms with Gasteiger partial charge in [0.15, 0.2) is 16.7 Å². The zero-order valence-corrected chi connectivity index (χ0v) is 26.0. The number of benzene rings is 2. The van der Waals surface area contributed by atoms with Gasteiger partial charge in [0, 0.05) is 55.9 Å². The first-order valence-electron chi connectivity index (χ1n) is 14.1. The number of methoxy groups -OCH3 is 1. The van der Waals surface area contributed by atoms with Crippen LogP contribution in [0.5, 0.6) is 11.5 Å². The molecule has 0 amide bonds. The van der Waals surface area contributed by atoms with E-state index in [0.717, 1.165) is 33.6 Å². The highest BCUT2D eigenvalue weighted by Crippen LogP contribution is 2.39. The molecule has 3 heterocycles. The normalized spacial score (nSPS) is 14.4. The van der Waals surface area contributed by atoms with Crippen LogP contribution in [0.15, 0.2) is 54.7 Å². The molecule has 0 radical (unpaired) electrons. The number of sulfone groups is 1. The molecule has 13 heteroatoms. The first-order chi connectivity index (χ1) is 20.7. The first kappa shape index (κ1) is 30.6. The zero-order valence-electron chi connectivity index (χ0n) is 24.3. The minimum atomic E-state index is -3.00. The molecular formula is C30H35FN6O4S2. The molecule has 0 spiro atoms. The molecule has 1 saturated heterocycles. The van der Waals surface area contributed by atoms with Crippen LogP contribution in [-0.4, -0.2) is 79.7 Å². The number of nitrogens with one attached hydrogen (secondary N) is 2. The molecule has 228 valence electrons. The van der Waals surface area contributed by atoms with Gasteiger partial charge in [-0.25, -0.2) is 27.8 Å². The van der Waals surface area contributed by atoms with Crippen molar-refractivity contribution < 1.29 is 22.3 Å². The van der Waals surface area contributed by atoms with Crippen LogP contribution in [0.2, 0.25) is 0 Å². The molecule has 4 aromatic rings. The van der Waals surface area contributed by atoms with Gasteiger partial charge in [-0.1, -0.05) is 23.5 Å². The van der Waals surface area contributed by atoms with Crippen LogP contribution < -0.4 is 20.1 Å². The van der Waals surface area contributed by atoms with E-state index in [1.54, 1.807) is 25.4 Å². The first-order valence-corrected chi connectivity index (χ1v) is 16.9. The summed E-state index contributed by atoms with van der Waals surface area (Å²) in [5.41, 5.74) is 2.85. The summed E-state index contributed by atoms with van der Waals surface area (Å²) in [5, 5.41) is 7.16. The Morgan fingerprint density at radius 1 is 1.12 bits per heavy atom. The van der Waals surface area contributed by atoms with E-state index in [0.29, 0.717) is 49.8 Å². The third-order valence-electron chi connectivity index (χ3n) is 6.98. The van der Waals surface area contributed by atoms with Gasteiger partial charge >= 0.3 is 0 Å². The summed E-state index contributed by atoms with van der Waals surface area (Å²) in [7, 11) is -1.37. The average Bonchev–Trinajstić information content (AvgIpc) is 3.42. The van der Waals surface area contributed by atoms with E-state index in [-0.39, 0.29) is 17.6 Å². The van der Waals surface area contributed by atoms with E-state index in [4.69, 9.17) is 19.4 Å². The summed E-state index contributed by atoms with van der Waals surface area (Å²) in [5.74, 6) is 0.883. The standard InChI is InChI=1S/C30H35FN6O4S2/c1-4-32-30-36-27(20-6-5-7-23(18-20)40-2)28(42-30)25-10-13-33-29(35-25)34-21-8-9-26(24(31)19-21)41-22-11-14-37(15-12-22)16-17-43(3,38)39/h5-10,13,18-19,22H,4,11-12,14-17H2,1-3H3,(H,32,36)(H,33,34,35). The maximum Gasteiger partial charge on any atom is 0.227 e. The molecule has 2 N–H and O–H groups in total. The predicted octanol–water partition coefficient (Wildman–Crippen LogP) is 5.48. The van der Waals surface area contributed by atoms with E-state index < -0.39 is 15.7 Å². The Kier molecular flexibility index (Phi) is 9.73. The summed E-state index contributed by atoms with van der Waals surface area (Å²) in [4.78, 5) is 16.8. The summed E-state index contributed by atoms with van der Waals surface area (Å²) < 4.78 is 49.3. The topological polar surface area (TPSA) is 119 Å². The maximum absolute atomic E-state index is 15.1. The smallest absolute Gasteiger partial charge is 0.227 e. The Morgan fingerprint density at radius 2 is 1.93 bits per heavy atom. The lowest BCUT2D eigenvalue weighted by atomic mass is 10.1. The number of aromatic nitrogens is 3. The molecule has 0 unspecified atom stereocenters. The van der Waals surface area contributed by atoms with Crippen molar-refractivity contribution in [3.8, 4) is 33.3 Å². The monoisotopic (exact) mass is 626 g/mol. The number of anilines is 3. The third-order valence-corrected chi connectivity index (χ3v) is 8.94. The molecule has 0 bridgehead atoms. The van der Waals surface area contributed by atoms with Gasteiger partial charge in [-0.2, -0.15) is 0 Å². The van der Waals surface area contributed by atoms with E-state index in [2.05, 4.69) is 20.5 Å². The quantitative estimate of drug-likeness (QED) is 0.209. The van der Waals surface area contributed by atoms with Gasteiger partial charge in [-0.3, -0.25) is 0 Å². The number of piperidine rings is 1. The van der Waals surface area contributed by atoms with Crippen molar-refractivity contribution in [3.63, 3.8) is 0 Å². The second kappa shape index (κ2) is 13.7. The molecule has 2 aromatic carbocycles. The van der Waals surface area contributed by atoms with Gasteiger partial charge in [0.05, 0.1) is 29.1 Å². The molecule has 1 fully saturated rings. The molecule has 2 aromatic heterocycles. The van der Waals surface area contributed by atoms with Crippen molar-refractivity contribution in [2.24, 2.45) is 0 Å². The van der Waals surface area contributed by atoms with Gasteiger partial charge in [0.1, 0.15) is 21.7 Å². The second-order valence-electron chi connectivity index (χ2n) is 10.3. The highest BCUT2D eigenvalue weighted by atomic mass is 32.2. The fourth-order valence-corrected chi connectivity index (χ4v) is 6.38. The van der Waals surface area contributed by atoms with Crippen LogP contribution in [0.4, 0.5) is 21.2 Å². The highest BCUT2D eigenvalue weighted by molar-refractivity contribution is 7.90. The Morgan fingerprint density at radius 3 is 2.65 bits per heavy atom. The molecule has 10 nitrogen and oxygen atoms in total. The Labute approximate surface area is 255 Å². The van der Waals surface area contributed by atoms with Crippen molar-refractivity contribution in [1.82, 2.24) is 19.9 Å². The average molecular weight is 627 g/mol. The number of rotatable bonds is 12. The SMILES string of the molecule is CCNc1nc(-c2cccc(OC)c2)c(-c2ccnc(Nc3ccc(OC4CCN(CCS(C)(=O)=O)CC4)c(F)c3)n2)s1. The van der Waals surface area contributed by atoms with Gasteiger partial charge in [0.25, 0.3) is 0 Å². The largest absolute Gasteiger partial charge is 0.497 e. The number of likely N-dealkylation sites (tertiary alicyclic amines) is 1. The van der Waals surface area contributed by atoms with E-state index in [9.17, 15) is 8.42 Å². The lowest BCUT2D eigenvalue weighted by Gasteiger charge is -2.32. The molecular weight excluding hydrogens is 592 g/mol. The number of hydrogen-bond acceptors (Lipinski definition) is 11. The van der Waals surface area contributed by atoms with Crippen LogP contribution >= 0.6 is 11.3 Å². The molecule has 1 aliphatic rings. The van der Waals surface area contributed by atoms with Crippen molar-refractivity contribution in [2.75, 3.05) is 55.9 Å². The molecule has 0 atom stereocenters. The van der Waals surface area contributed by atoms with Crippen LogP contribution in [0.1, 0.15) is 19.8 Å². The Bertz CT molecular complexity index is 1660. The number of thiazole rings is 1. The van der Waals surface area contributed by atoms with Gasteiger partial charge in [0.2, 0.25) is 5.95 Å².